The zero-order valence-electron chi connectivity index (χ0n) is 28.4. The molecule has 8 aromatic rings. The minimum atomic E-state index is -0.0304. The van der Waals surface area contributed by atoms with Gasteiger partial charge in [-0.15, -0.1) is 0 Å². The molecule has 0 unspecified atom stereocenters. The average Bonchev–Trinajstić information content (AvgIpc) is 3.39. The van der Waals surface area contributed by atoms with Crippen molar-refractivity contribution in [1.82, 2.24) is 0 Å². The molecule has 0 N–H and O–H groups in total. The van der Waals surface area contributed by atoms with E-state index in [0.29, 0.717) is 0 Å². The molecule has 50 heavy (non-hydrogen) atoms. The van der Waals surface area contributed by atoms with Gasteiger partial charge in [0.15, 0.2) is 0 Å². The van der Waals surface area contributed by atoms with E-state index >= 15 is 0 Å². The number of hydrogen-bond acceptors (Lipinski definition) is 2. The first-order valence-corrected chi connectivity index (χ1v) is 18.2. The van der Waals surface area contributed by atoms with Crippen LogP contribution in [0.3, 0.4) is 0 Å². The van der Waals surface area contributed by atoms with E-state index in [1.165, 1.54) is 98.3 Å². The smallest absolute Gasteiger partial charge is 0.0556 e. The molecule has 8 aromatic carbocycles. The fourth-order valence-corrected chi connectivity index (χ4v) is 9.71. The lowest BCUT2D eigenvalue weighted by atomic mass is 9.81. The maximum atomic E-state index is 2.46. The lowest BCUT2D eigenvalue weighted by molar-refractivity contribution is 0.660. The molecule has 0 aromatic heterocycles. The molecule has 0 atom stereocenters. The second kappa shape index (κ2) is 11.0. The molecule has 0 bridgehead atoms. The quantitative estimate of drug-likeness (QED) is 0.174. The van der Waals surface area contributed by atoms with Gasteiger partial charge in [-0.1, -0.05) is 147 Å². The van der Waals surface area contributed by atoms with Crippen molar-refractivity contribution in [1.29, 1.82) is 0 Å². The van der Waals surface area contributed by atoms with E-state index in [0.717, 1.165) is 0 Å². The first kappa shape index (κ1) is 29.4. The summed E-state index contributed by atoms with van der Waals surface area (Å²) in [5.41, 5.74) is 15.5. The Morgan fingerprint density at radius 3 is 1.86 bits per heavy atom. The number of fused-ring (bicyclic) bond motifs is 7. The molecule has 0 amide bonds. The van der Waals surface area contributed by atoms with Gasteiger partial charge in [0.1, 0.15) is 0 Å². The summed E-state index contributed by atoms with van der Waals surface area (Å²) in [6.07, 6.45) is 0. The van der Waals surface area contributed by atoms with Gasteiger partial charge in [-0.25, -0.2) is 0 Å². The second-order valence-electron chi connectivity index (χ2n) is 14.2. The Hall–Kier alpha value is -5.57. The van der Waals surface area contributed by atoms with Crippen LogP contribution in [0, 0.1) is 0 Å². The summed E-state index contributed by atoms with van der Waals surface area (Å²) in [6, 6.07) is 58.8. The van der Waals surface area contributed by atoms with Crippen molar-refractivity contribution in [2.24, 2.45) is 0 Å². The number of anilines is 2. The molecule has 1 nitrogen and oxygen atoms in total. The standard InChI is InChI=1S/C48H35NS/c1-48(2)40-18-10-9-15-34(40)38-28-32(22-25-41(38)48)47-36-17-8-7-16-35(36)46(37-24-21-31(27-39(37)47)30-13-5-4-6-14-30)33-23-26-45-43(29-33)49(3)42-19-11-12-20-44(42)50-45/h4-29H,1-3H3. The van der Waals surface area contributed by atoms with Crippen molar-refractivity contribution in [2.75, 3.05) is 11.9 Å². The molecule has 0 saturated heterocycles. The molecule has 0 spiro atoms. The summed E-state index contributed by atoms with van der Waals surface area (Å²) >= 11 is 1.86. The van der Waals surface area contributed by atoms with E-state index in [9.17, 15) is 0 Å². The van der Waals surface area contributed by atoms with Gasteiger partial charge in [0.25, 0.3) is 0 Å². The molecule has 2 heteroatoms. The van der Waals surface area contributed by atoms with E-state index in [1.807, 2.05) is 11.8 Å². The third-order valence-corrected chi connectivity index (χ3v) is 12.2. The van der Waals surface area contributed by atoms with Gasteiger partial charge in [0, 0.05) is 22.3 Å². The largest absolute Gasteiger partial charge is 0.343 e. The van der Waals surface area contributed by atoms with E-state index in [1.54, 1.807) is 0 Å². The minimum Gasteiger partial charge on any atom is -0.343 e. The normalized spacial score (nSPS) is 13.9. The number of benzene rings is 8. The predicted octanol–water partition coefficient (Wildman–Crippen LogP) is 13.5. The molecule has 10 rings (SSSR count). The number of rotatable bonds is 3. The Bertz CT molecular complexity index is 2670. The van der Waals surface area contributed by atoms with Crippen molar-refractivity contribution in [2.45, 2.75) is 29.1 Å². The van der Waals surface area contributed by atoms with E-state index in [4.69, 9.17) is 0 Å². The average molecular weight is 658 g/mol. The highest BCUT2D eigenvalue weighted by molar-refractivity contribution is 7.99. The highest BCUT2D eigenvalue weighted by Gasteiger charge is 2.35. The monoisotopic (exact) mass is 657 g/mol. The molecular weight excluding hydrogens is 623 g/mol. The van der Waals surface area contributed by atoms with E-state index < -0.39 is 0 Å². The fourth-order valence-electron chi connectivity index (χ4n) is 8.58. The maximum Gasteiger partial charge on any atom is 0.0556 e. The summed E-state index contributed by atoms with van der Waals surface area (Å²) in [5.74, 6) is 0. The maximum absolute atomic E-state index is 2.46. The van der Waals surface area contributed by atoms with Gasteiger partial charge in [-0.05, 0) is 114 Å². The molecule has 0 fully saturated rings. The molecule has 238 valence electrons. The SMILES string of the molecule is CN1c2ccccc2Sc2ccc(-c3c4ccccc4c(-c4ccc5c(c4)-c4ccccc4C5(C)C)c4cc(-c5ccccc5)ccc34)cc21. The molecule has 1 heterocycles. The number of nitrogens with zero attached hydrogens (tertiary/aromatic N) is 1. The van der Waals surface area contributed by atoms with Crippen molar-refractivity contribution in [3.63, 3.8) is 0 Å². The van der Waals surface area contributed by atoms with Crippen LogP contribution < -0.4 is 4.90 Å². The predicted molar refractivity (Wildman–Crippen MR) is 214 cm³/mol. The molecule has 1 aliphatic carbocycles. The first-order valence-electron chi connectivity index (χ1n) is 17.4. The van der Waals surface area contributed by atoms with Crippen molar-refractivity contribution < 1.29 is 0 Å². The first-order chi connectivity index (χ1) is 24.5. The Morgan fingerprint density at radius 1 is 0.420 bits per heavy atom. The van der Waals surface area contributed by atoms with Gasteiger partial charge in [-0.3, -0.25) is 0 Å². The Morgan fingerprint density at radius 2 is 1.02 bits per heavy atom. The molecular formula is C48H35NS. The lowest BCUT2D eigenvalue weighted by Gasteiger charge is -2.30. The van der Waals surface area contributed by atoms with Crippen LogP contribution in [0.5, 0.6) is 0 Å². The van der Waals surface area contributed by atoms with Crippen LogP contribution in [-0.4, -0.2) is 7.05 Å². The van der Waals surface area contributed by atoms with Gasteiger partial charge in [-0.2, -0.15) is 0 Å². The third kappa shape index (κ3) is 4.28. The zero-order chi connectivity index (χ0) is 33.6. The van der Waals surface area contributed by atoms with Gasteiger partial charge in [0.05, 0.1) is 11.4 Å². The van der Waals surface area contributed by atoms with Crippen LogP contribution >= 0.6 is 11.8 Å². The topological polar surface area (TPSA) is 3.24 Å². The zero-order valence-corrected chi connectivity index (χ0v) is 29.2. The number of para-hydroxylation sites is 1. The van der Waals surface area contributed by atoms with Crippen molar-refractivity contribution in [3.05, 3.63) is 169 Å². The van der Waals surface area contributed by atoms with Crippen LogP contribution in [0.25, 0.3) is 66.1 Å². The minimum absolute atomic E-state index is 0.0304. The Kier molecular flexibility index (Phi) is 6.44. The third-order valence-electron chi connectivity index (χ3n) is 11.1. The molecule has 2 aliphatic rings. The summed E-state index contributed by atoms with van der Waals surface area (Å²) in [4.78, 5) is 4.93. The number of hydrogen-bond donors (Lipinski definition) is 0. The Labute approximate surface area is 297 Å². The lowest BCUT2D eigenvalue weighted by Crippen LogP contribution is -2.14. The van der Waals surface area contributed by atoms with E-state index in [2.05, 4.69) is 184 Å². The molecule has 0 saturated carbocycles. The van der Waals surface area contributed by atoms with Gasteiger partial charge in [0.2, 0.25) is 0 Å². The Balaban J connectivity index is 1.26. The van der Waals surface area contributed by atoms with Crippen LogP contribution in [0.1, 0.15) is 25.0 Å². The summed E-state index contributed by atoms with van der Waals surface area (Å²) in [5, 5.41) is 5.09. The molecule has 1 aliphatic heterocycles. The summed E-state index contributed by atoms with van der Waals surface area (Å²) in [6.45, 7) is 4.71. The fraction of sp³-hybridized carbons (Fsp3) is 0.0833. The van der Waals surface area contributed by atoms with Gasteiger partial charge >= 0.3 is 0 Å². The van der Waals surface area contributed by atoms with Crippen LogP contribution in [0.15, 0.2) is 168 Å². The van der Waals surface area contributed by atoms with Crippen molar-refractivity contribution >= 4 is 44.7 Å². The van der Waals surface area contributed by atoms with E-state index in [-0.39, 0.29) is 5.41 Å². The highest BCUT2D eigenvalue weighted by atomic mass is 32.2. The second-order valence-corrected chi connectivity index (χ2v) is 15.2. The van der Waals surface area contributed by atoms with Crippen molar-refractivity contribution in [3.8, 4) is 44.5 Å². The van der Waals surface area contributed by atoms with Gasteiger partial charge < -0.3 is 4.90 Å². The molecule has 0 radical (unpaired) electrons. The van der Waals surface area contributed by atoms with Crippen LogP contribution in [0.2, 0.25) is 0 Å². The summed E-state index contributed by atoms with van der Waals surface area (Å²) in [7, 11) is 2.19. The van der Waals surface area contributed by atoms with Crippen LogP contribution in [-0.2, 0) is 5.41 Å². The van der Waals surface area contributed by atoms with Crippen LogP contribution in [0.4, 0.5) is 11.4 Å². The highest BCUT2D eigenvalue weighted by Crippen LogP contribution is 2.53. The summed E-state index contributed by atoms with van der Waals surface area (Å²) < 4.78 is 0.